The Hall–Kier alpha value is -1.65. The van der Waals surface area contributed by atoms with E-state index in [0.717, 1.165) is 29.1 Å². The molecule has 2 heterocycles. The summed E-state index contributed by atoms with van der Waals surface area (Å²) in [7, 11) is 0. The molecular weight excluding hydrogens is 293 g/mol. The molecule has 0 aliphatic carbocycles. The van der Waals surface area contributed by atoms with Gasteiger partial charge in [-0.1, -0.05) is 0 Å². The first-order valence-corrected chi connectivity index (χ1v) is 7.37. The predicted molar refractivity (Wildman–Crippen MR) is 71.7 cm³/mol. The number of rotatable bonds is 4. The molecule has 0 radical (unpaired) electrons. The van der Waals surface area contributed by atoms with E-state index in [9.17, 15) is 0 Å². The van der Waals surface area contributed by atoms with Gasteiger partial charge in [0.2, 0.25) is 0 Å². The Kier molecular flexibility index (Phi) is 3.13. The van der Waals surface area contributed by atoms with Crippen molar-refractivity contribution in [1.82, 2.24) is 17.5 Å². The van der Waals surface area contributed by atoms with Crippen LogP contribution >= 0.6 is 0 Å². The van der Waals surface area contributed by atoms with Crippen molar-refractivity contribution in [2.24, 2.45) is 0 Å². The van der Waals surface area contributed by atoms with Gasteiger partial charge in [-0.25, -0.2) is 0 Å². The summed E-state index contributed by atoms with van der Waals surface area (Å²) in [5.41, 5.74) is 3.03. The van der Waals surface area contributed by atoms with E-state index in [2.05, 4.69) is 29.8 Å². The summed E-state index contributed by atoms with van der Waals surface area (Å²) in [5, 5.41) is 3.40. The third kappa shape index (κ3) is 2.05. The molecule has 3 aromatic rings. The first kappa shape index (κ1) is 11.4. The summed E-state index contributed by atoms with van der Waals surface area (Å²) in [4.78, 5) is 4.35. The molecule has 18 heavy (non-hydrogen) atoms. The Morgan fingerprint density at radius 3 is 3.17 bits per heavy atom. The van der Waals surface area contributed by atoms with Crippen LogP contribution in [0.5, 0.6) is 0 Å². The van der Waals surface area contributed by atoms with E-state index in [1.165, 1.54) is 0 Å². The average Bonchev–Trinajstić information content (AvgIpc) is 3.04. The van der Waals surface area contributed by atoms with Crippen molar-refractivity contribution >= 4 is 31.7 Å². The number of hydrogen-bond acceptors (Lipinski definition) is 4. The van der Waals surface area contributed by atoms with Crippen LogP contribution in [0, 0.1) is 0 Å². The van der Waals surface area contributed by atoms with Gasteiger partial charge < -0.3 is 0 Å². The second-order valence-corrected chi connectivity index (χ2v) is 5.03. The number of nitrogens with one attached hydrogen (secondary N) is 1. The van der Waals surface area contributed by atoms with Crippen molar-refractivity contribution < 1.29 is 0 Å². The number of aromatic nitrogens is 4. The zero-order valence-electron chi connectivity index (χ0n) is 10.00. The topological polar surface area (TPSA) is 55.6 Å². The fraction of sp³-hybridized carbons (Fsp3) is 0.250. The molecule has 0 fully saturated rings. The van der Waals surface area contributed by atoms with Crippen molar-refractivity contribution in [2.75, 3.05) is 5.32 Å². The van der Waals surface area contributed by atoms with Crippen LogP contribution in [-0.4, -0.2) is 32.5 Å². The summed E-state index contributed by atoms with van der Waals surface area (Å²) >= 11 is 0.0159. The number of benzene rings is 1. The van der Waals surface area contributed by atoms with Crippen molar-refractivity contribution in [1.29, 1.82) is 0 Å². The normalized spacial score (nSPS) is 10.9. The Balaban J connectivity index is 1.83. The van der Waals surface area contributed by atoms with Gasteiger partial charge in [0, 0.05) is 0 Å². The number of anilines is 1. The molecule has 0 saturated heterocycles. The predicted octanol–water partition coefficient (Wildman–Crippen LogP) is 1.52. The van der Waals surface area contributed by atoms with Gasteiger partial charge in [0.05, 0.1) is 0 Å². The van der Waals surface area contributed by atoms with E-state index in [0.29, 0.717) is 6.54 Å². The Labute approximate surface area is 111 Å². The second kappa shape index (κ2) is 4.92. The number of nitrogens with zero attached hydrogens (tertiary/aromatic N) is 4. The van der Waals surface area contributed by atoms with E-state index in [1.54, 1.807) is 0 Å². The van der Waals surface area contributed by atoms with E-state index in [1.807, 2.05) is 30.6 Å². The zero-order valence-corrected chi connectivity index (χ0v) is 11.7. The fourth-order valence-corrected chi connectivity index (χ4v) is 3.07. The molecule has 0 bridgehead atoms. The maximum atomic E-state index is 4.45. The third-order valence-corrected chi connectivity index (χ3v) is 4.00. The summed E-state index contributed by atoms with van der Waals surface area (Å²) in [6.07, 6.45) is 3.83. The molecule has 0 amide bonds. The molecule has 92 valence electrons. The molecule has 5 nitrogen and oxygen atoms in total. The molecule has 0 aliphatic heterocycles. The van der Waals surface area contributed by atoms with Crippen LogP contribution in [0.1, 0.15) is 12.7 Å². The van der Waals surface area contributed by atoms with E-state index in [-0.39, 0.29) is 15.0 Å². The van der Waals surface area contributed by atoms with Crippen LogP contribution < -0.4 is 5.32 Å². The molecule has 0 atom stereocenters. The monoisotopic (exact) mass is 307 g/mol. The first-order chi connectivity index (χ1) is 8.88. The molecule has 0 saturated carbocycles. The van der Waals surface area contributed by atoms with Gasteiger partial charge in [-0.15, -0.1) is 0 Å². The Morgan fingerprint density at radius 1 is 1.33 bits per heavy atom. The Morgan fingerprint density at radius 2 is 2.28 bits per heavy atom. The second-order valence-electron chi connectivity index (χ2n) is 3.92. The molecule has 1 N–H and O–H groups in total. The van der Waals surface area contributed by atoms with Gasteiger partial charge in [-0.05, 0) is 0 Å². The average molecular weight is 306 g/mol. The van der Waals surface area contributed by atoms with E-state index < -0.39 is 0 Å². The standard InChI is InChI=1S/C12H13N5Se/c1-2-17-7-6-13-11(17)8-14-9-4-3-5-10-12(9)16-18-15-10/h3-7,14H,2,8H2,1H3. The quantitative estimate of drug-likeness (QED) is 0.743. The van der Waals surface area contributed by atoms with E-state index >= 15 is 0 Å². The van der Waals surface area contributed by atoms with Crippen molar-refractivity contribution in [3.63, 3.8) is 0 Å². The molecule has 0 aliphatic rings. The van der Waals surface area contributed by atoms with Crippen LogP contribution in [0.4, 0.5) is 5.69 Å². The summed E-state index contributed by atoms with van der Waals surface area (Å²) in [5.74, 6) is 1.04. The van der Waals surface area contributed by atoms with Gasteiger partial charge in [-0.3, -0.25) is 0 Å². The van der Waals surface area contributed by atoms with Crippen molar-refractivity contribution in [3.8, 4) is 0 Å². The molecule has 3 rings (SSSR count). The Bertz CT molecular complexity index is 657. The maximum absolute atomic E-state index is 4.45. The number of imidazole rings is 1. The molecule has 0 unspecified atom stereocenters. The van der Waals surface area contributed by atoms with Crippen LogP contribution in [0.25, 0.3) is 11.0 Å². The van der Waals surface area contributed by atoms with Gasteiger partial charge in [-0.2, -0.15) is 0 Å². The van der Waals surface area contributed by atoms with Crippen molar-refractivity contribution in [2.45, 2.75) is 20.0 Å². The SMILES string of the molecule is CCn1ccnc1CNc1cccc2n[se]nc12. The van der Waals surface area contributed by atoms with Crippen molar-refractivity contribution in [3.05, 3.63) is 36.4 Å². The molecule has 0 spiro atoms. The van der Waals surface area contributed by atoms with Crippen LogP contribution in [0.15, 0.2) is 30.6 Å². The van der Waals surface area contributed by atoms with Gasteiger partial charge in [0.15, 0.2) is 0 Å². The number of aryl methyl sites for hydroxylation is 1. The summed E-state index contributed by atoms with van der Waals surface area (Å²) in [6.45, 7) is 3.76. The van der Waals surface area contributed by atoms with Gasteiger partial charge >= 0.3 is 111 Å². The van der Waals surface area contributed by atoms with E-state index in [4.69, 9.17) is 0 Å². The first-order valence-electron chi connectivity index (χ1n) is 5.83. The fourth-order valence-electron chi connectivity index (χ4n) is 1.92. The molecule has 6 heteroatoms. The molecule has 2 aromatic heterocycles. The third-order valence-electron chi connectivity index (χ3n) is 2.87. The number of hydrogen-bond donors (Lipinski definition) is 1. The molecule has 1 aromatic carbocycles. The molecular formula is C12H13N5Se. The van der Waals surface area contributed by atoms with Crippen LogP contribution in [0.2, 0.25) is 0 Å². The summed E-state index contributed by atoms with van der Waals surface area (Å²) < 4.78 is 10.9. The van der Waals surface area contributed by atoms with Crippen LogP contribution in [-0.2, 0) is 13.1 Å². The minimum atomic E-state index is 0.0159. The van der Waals surface area contributed by atoms with Gasteiger partial charge in [0.1, 0.15) is 0 Å². The van der Waals surface area contributed by atoms with Gasteiger partial charge in [0.25, 0.3) is 0 Å². The number of fused-ring (bicyclic) bond motifs is 1. The van der Waals surface area contributed by atoms with Crippen LogP contribution in [0.3, 0.4) is 0 Å². The summed E-state index contributed by atoms with van der Waals surface area (Å²) in [6, 6.07) is 6.05. The zero-order chi connectivity index (χ0) is 12.4. The minimum absolute atomic E-state index is 0.0159.